The quantitative estimate of drug-likeness (QED) is 0.804. The van der Waals surface area contributed by atoms with Gasteiger partial charge in [0.1, 0.15) is 5.82 Å². The predicted octanol–water partition coefficient (Wildman–Crippen LogP) is 4.40. The van der Waals surface area contributed by atoms with Crippen LogP contribution in [-0.4, -0.2) is 30.2 Å². The van der Waals surface area contributed by atoms with Crippen molar-refractivity contribution in [3.63, 3.8) is 0 Å². The van der Waals surface area contributed by atoms with Gasteiger partial charge in [0, 0.05) is 29.2 Å². The molecule has 1 aliphatic rings. The van der Waals surface area contributed by atoms with E-state index in [-0.39, 0.29) is 17.6 Å². The molecule has 1 atom stereocenters. The van der Waals surface area contributed by atoms with Gasteiger partial charge in [-0.1, -0.05) is 24.3 Å². The third kappa shape index (κ3) is 4.83. The van der Waals surface area contributed by atoms with Crippen molar-refractivity contribution in [3.8, 4) is 0 Å². The van der Waals surface area contributed by atoms with Gasteiger partial charge in [-0.25, -0.2) is 4.39 Å². The van der Waals surface area contributed by atoms with Gasteiger partial charge in [0.2, 0.25) is 5.91 Å². The topological polar surface area (TPSA) is 32.3 Å². The highest BCUT2D eigenvalue weighted by molar-refractivity contribution is 7.98. The van der Waals surface area contributed by atoms with Crippen LogP contribution >= 0.6 is 11.8 Å². The molecule has 1 fully saturated rings. The summed E-state index contributed by atoms with van der Waals surface area (Å²) in [5.41, 5.74) is 1.53. The highest BCUT2D eigenvalue weighted by Crippen LogP contribution is 2.23. The fraction of sp³-hybridized carbons (Fsp3) is 0.350. The summed E-state index contributed by atoms with van der Waals surface area (Å²) in [4.78, 5) is 15.9. The van der Waals surface area contributed by atoms with Crippen molar-refractivity contribution in [3.05, 3.63) is 59.9 Å². The van der Waals surface area contributed by atoms with Gasteiger partial charge in [0.15, 0.2) is 0 Å². The number of hydrogen-bond acceptors (Lipinski definition) is 3. The average Bonchev–Trinajstić information content (AvgIpc) is 2.64. The number of carbonyl (C=O) groups is 1. The van der Waals surface area contributed by atoms with E-state index in [1.165, 1.54) is 6.07 Å². The molecular weight excluding hydrogens is 335 g/mol. The molecule has 1 aliphatic heterocycles. The molecule has 1 N–H and O–H groups in total. The summed E-state index contributed by atoms with van der Waals surface area (Å²) < 4.78 is 13.9. The van der Waals surface area contributed by atoms with Crippen LogP contribution in [0.5, 0.6) is 0 Å². The minimum absolute atomic E-state index is 0.0523. The first-order valence-electron chi connectivity index (χ1n) is 8.56. The van der Waals surface area contributed by atoms with Crippen LogP contribution in [-0.2, 0) is 11.3 Å². The van der Waals surface area contributed by atoms with Gasteiger partial charge in [0.25, 0.3) is 0 Å². The Kier molecular flexibility index (Phi) is 6.10. The molecule has 2 aromatic carbocycles. The fourth-order valence-electron chi connectivity index (χ4n) is 3.23. The summed E-state index contributed by atoms with van der Waals surface area (Å²) in [6, 6.07) is 14.7. The minimum Gasteiger partial charge on any atom is -0.326 e. The molecule has 3 rings (SSSR count). The molecular formula is C20H23FN2OS. The number of rotatable bonds is 5. The SMILES string of the molecule is CSc1cccc(NC(=O)C2CCCN(Cc3ccccc3F)C2)c1. The zero-order chi connectivity index (χ0) is 17.6. The monoisotopic (exact) mass is 358 g/mol. The Balaban J connectivity index is 1.60. The van der Waals surface area contributed by atoms with Crippen LogP contribution in [0.15, 0.2) is 53.4 Å². The molecule has 3 nitrogen and oxygen atoms in total. The predicted molar refractivity (Wildman–Crippen MR) is 101 cm³/mol. The molecule has 0 radical (unpaired) electrons. The Labute approximate surface area is 152 Å². The first-order valence-corrected chi connectivity index (χ1v) is 9.79. The number of halogens is 1. The van der Waals surface area contributed by atoms with Crippen LogP contribution < -0.4 is 5.32 Å². The first kappa shape index (κ1) is 18.0. The number of piperidine rings is 1. The van der Waals surface area contributed by atoms with Crippen molar-refractivity contribution in [1.82, 2.24) is 4.90 Å². The number of anilines is 1. The maximum atomic E-state index is 13.9. The van der Waals surface area contributed by atoms with Crippen molar-refractivity contribution in [1.29, 1.82) is 0 Å². The van der Waals surface area contributed by atoms with Crippen molar-refractivity contribution < 1.29 is 9.18 Å². The highest BCUT2D eigenvalue weighted by atomic mass is 32.2. The zero-order valence-corrected chi connectivity index (χ0v) is 15.2. The third-order valence-corrected chi connectivity index (χ3v) is 5.29. The summed E-state index contributed by atoms with van der Waals surface area (Å²) in [6.07, 6.45) is 3.85. The molecule has 0 bridgehead atoms. The van der Waals surface area contributed by atoms with Gasteiger partial charge in [-0.05, 0) is 49.9 Å². The Bertz CT molecular complexity index is 737. The molecule has 1 saturated heterocycles. The molecule has 1 amide bonds. The number of likely N-dealkylation sites (tertiary alicyclic amines) is 1. The zero-order valence-electron chi connectivity index (χ0n) is 14.4. The highest BCUT2D eigenvalue weighted by Gasteiger charge is 2.26. The number of carbonyl (C=O) groups excluding carboxylic acids is 1. The van der Waals surface area contributed by atoms with E-state index >= 15 is 0 Å². The third-order valence-electron chi connectivity index (χ3n) is 4.57. The van der Waals surface area contributed by atoms with Gasteiger partial charge in [-0.15, -0.1) is 11.8 Å². The molecule has 1 unspecified atom stereocenters. The number of hydrogen-bond donors (Lipinski definition) is 1. The maximum Gasteiger partial charge on any atom is 0.228 e. The molecule has 0 aromatic heterocycles. The van der Waals surface area contributed by atoms with Crippen LogP contribution in [0.4, 0.5) is 10.1 Å². The summed E-state index contributed by atoms with van der Waals surface area (Å²) >= 11 is 1.65. The van der Waals surface area contributed by atoms with E-state index in [0.29, 0.717) is 18.7 Å². The maximum absolute atomic E-state index is 13.9. The summed E-state index contributed by atoms with van der Waals surface area (Å²) in [6.45, 7) is 2.13. The minimum atomic E-state index is -0.178. The van der Waals surface area contributed by atoms with Crippen LogP contribution in [0.2, 0.25) is 0 Å². The Morgan fingerprint density at radius 3 is 2.92 bits per heavy atom. The first-order chi connectivity index (χ1) is 12.2. The van der Waals surface area contributed by atoms with Crippen LogP contribution in [0.1, 0.15) is 18.4 Å². The number of amides is 1. The lowest BCUT2D eigenvalue weighted by atomic mass is 9.96. The summed E-state index contributed by atoms with van der Waals surface area (Å²) in [7, 11) is 0. The fourth-order valence-corrected chi connectivity index (χ4v) is 3.69. The van der Waals surface area contributed by atoms with Crippen molar-refractivity contribution in [2.45, 2.75) is 24.3 Å². The Morgan fingerprint density at radius 1 is 1.28 bits per heavy atom. The van der Waals surface area contributed by atoms with Crippen molar-refractivity contribution in [2.24, 2.45) is 5.92 Å². The molecule has 0 aliphatic carbocycles. The van der Waals surface area contributed by atoms with Gasteiger partial charge in [-0.2, -0.15) is 0 Å². The number of benzene rings is 2. The molecule has 5 heteroatoms. The Morgan fingerprint density at radius 2 is 2.12 bits per heavy atom. The van der Waals surface area contributed by atoms with Crippen LogP contribution in [0.3, 0.4) is 0 Å². The second-order valence-electron chi connectivity index (χ2n) is 6.39. The van der Waals surface area contributed by atoms with E-state index in [2.05, 4.69) is 10.2 Å². The normalized spacial score (nSPS) is 18.1. The molecule has 25 heavy (non-hydrogen) atoms. The molecule has 1 heterocycles. The van der Waals surface area contributed by atoms with Crippen molar-refractivity contribution in [2.75, 3.05) is 24.7 Å². The van der Waals surface area contributed by atoms with E-state index in [9.17, 15) is 9.18 Å². The van der Waals surface area contributed by atoms with E-state index < -0.39 is 0 Å². The van der Waals surface area contributed by atoms with Crippen molar-refractivity contribution >= 4 is 23.4 Å². The molecule has 0 spiro atoms. The van der Waals surface area contributed by atoms with Gasteiger partial charge >= 0.3 is 0 Å². The standard InChI is InChI=1S/C20H23FN2OS/c1-25-18-9-4-8-17(12-18)22-20(24)16-7-5-11-23(14-16)13-15-6-2-3-10-19(15)21/h2-4,6,8-10,12,16H,5,7,11,13-14H2,1H3,(H,22,24). The molecule has 132 valence electrons. The van der Waals surface area contributed by atoms with Gasteiger partial charge < -0.3 is 5.32 Å². The lowest BCUT2D eigenvalue weighted by Crippen LogP contribution is -2.40. The second-order valence-corrected chi connectivity index (χ2v) is 7.27. The van der Waals surface area contributed by atoms with E-state index in [0.717, 1.165) is 30.0 Å². The van der Waals surface area contributed by atoms with E-state index in [1.807, 2.05) is 42.7 Å². The summed E-state index contributed by atoms with van der Waals surface area (Å²) in [5, 5.41) is 3.03. The molecule has 0 saturated carbocycles. The smallest absolute Gasteiger partial charge is 0.228 e. The van der Waals surface area contributed by atoms with Crippen LogP contribution in [0.25, 0.3) is 0 Å². The average molecular weight is 358 g/mol. The van der Waals surface area contributed by atoms with Gasteiger partial charge in [0.05, 0.1) is 5.92 Å². The van der Waals surface area contributed by atoms with Crippen LogP contribution in [0, 0.1) is 11.7 Å². The summed E-state index contributed by atoms with van der Waals surface area (Å²) in [5.74, 6) is -0.182. The number of thioether (sulfide) groups is 1. The van der Waals surface area contributed by atoms with E-state index in [1.54, 1.807) is 17.8 Å². The lowest BCUT2D eigenvalue weighted by Gasteiger charge is -2.32. The second kappa shape index (κ2) is 8.50. The molecule has 2 aromatic rings. The lowest BCUT2D eigenvalue weighted by molar-refractivity contribution is -0.121. The number of nitrogens with zero attached hydrogens (tertiary/aromatic N) is 1. The van der Waals surface area contributed by atoms with Gasteiger partial charge in [-0.3, -0.25) is 9.69 Å². The Hall–Kier alpha value is -1.85. The van der Waals surface area contributed by atoms with E-state index in [4.69, 9.17) is 0 Å². The largest absolute Gasteiger partial charge is 0.326 e. The number of nitrogens with one attached hydrogen (secondary N) is 1.